The molecule has 0 heterocycles. The maximum atomic E-state index is 12.2. The Hall–Kier alpha value is -1.92. The number of unbranched alkanes of at least 4 members (excludes halogenated alkanes) is 7. The Balaban J connectivity index is 2.44. The van der Waals surface area contributed by atoms with E-state index in [0.717, 1.165) is 37.5 Å². The number of alkyl halides is 3. The molecule has 0 aliphatic carbocycles. The Labute approximate surface area is 145 Å². The maximum absolute atomic E-state index is 12.2. The van der Waals surface area contributed by atoms with Gasteiger partial charge in [-0.1, -0.05) is 51.9 Å². The molecule has 142 valence electrons. The predicted molar refractivity (Wildman–Crippen MR) is 85.6 cm³/mol. The third-order valence-electron chi connectivity index (χ3n) is 3.66. The zero-order valence-electron chi connectivity index (χ0n) is 14.4. The molecule has 1 aromatic carbocycles. The summed E-state index contributed by atoms with van der Waals surface area (Å²) in [7, 11) is 0. The molecule has 0 fully saturated rings. The van der Waals surface area contributed by atoms with Crippen molar-refractivity contribution in [3.8, 4) is 11.5 Å². The van der Waals surface area contributed by atoms with Crippen molar-refractivity contribution in [2.75, 3.05) is 6.61 Å². The number of aromatic carboxylic acids is 1. The highest BCUT2D eigenvalue weighted by atomic mass is 19.4. The van der Waals surface area contributed by atoms with Crippen molar-refractivity contribution in [2.45, 2.75) is 64.7 Å². The van der Waals surface area contributed by atoms with E-state index in [4.69, 9.17) is 4.74 Å². The zero-order valence-corrected chi connectivity index (χ0v) is 14.4. The monoisotopic (exact) mass is 361 g/mol. The van der Waals surface area contributed by atoms with Gasteiger partial charge in [-0.25, -0.2) is 0 Å². The molecule has 1 rings (SSSR count). The molecule has 0 saturated heterocycles. The van der Waals surface area contributed by atoms with Crippen LogP contribution in [0.5, 0.6) is 11.5 Å². The molecule has 7 heteroatoms. The number of hydrogen-bond acceptors (Lipinski definition) is 4. The average molecular weight is 361 g/mol. The average Bonchev–Trinajstić information content (AvgIpc) is 2.51. The van der Waals surface area contributed by atoms with E-state index in [0.29, 0.717) is 6.42 Å². The first-order chi connectivity index (χ1) is 11.8. The van der Waals surface area contributed by atoms with Gasteiger partial charge in [-0.05, 0) is 18.6 Å². The number of hydrogen-bond donors (Lipinski definition) is 0. The fourth-order valence-corrected chi connectivity index (χ4v) is 2.41. The molecule has 0 radical (unpaired) electrons. The summed E-state index contributed by atoms with van der Waals surface area (Å²) in [6, 6.07) is 2.82. The lowest BCUT2D eigenvalue weighted by Gasteiger charge is -2.15. The first-order valence-corrected chi connectivity index (χ1v) is 8.57. The van der Waals surface area contributed by atoms with Gasteiger partial charge in [0.15, 0.2) is 0 Å². The van der Waals surface area contributed by atoms with Crippen LogP contribution in [-0.2, 0) is 0 Å². The van der Waals surface area contributed by atoms with Gasteiger partial charge < -0.3 is 19.4 Å². The normalized spacial score (nSPS) is 11.4. The summed E-state index contributed by atoms with van der Waals surface area (Å²) in [4.78, 5) is 11.0. The summed E-state index contributed by atoms with van der Waals surface area (Å²) in [5, 5.41) is 11.0. The largest absolute Gasteiger partial charge is 0.573 e. The third kappa shape index (κ3) is 9.22. The topological polar surface area (TPSA) is 58.6 Å². The number of carbonyl (C=O) groups excluding carboxylic acids is 1. The molecule has 0 N–H and O–H groups in total. The standard InChI is InChI=1S/C18H25F3O4/c1-2-3-4-5-6-7-8-9-12-24-16-13-14(25-18(19,20)21)10-11-15(16)17(22)23/h10-11,13H,2-9,12H2,1H3,(H,22,23)/p-1. The molecule has 25 heavy (non-hydrogen) atoms. The first kappa shape index (κ1) is 21.1. The fourth-order valence-electron chi connectivity index (χ4n) is 2.41. The summed E-state index contributed by atoms with van der Waals surface area (Å²) in [6.07, 6.45) is 3.83. The number of carbonyl (C=O) groups is 1. The zero-order chi connectivity index (χ0) is 18.7. The Kier molecular flexibility index (Phi) is 9.16. The van der Waals surface area contributed by atoms with Gasteiger partial charge in [-0.2, -0.15) is 0 Å². The quantitative estimate of drug-likeness (QED) is 0.516. The van der Waals surface area contributed by atoms with Gasteiger partial charge in [0.25, 0.3) is 0 Å². The molecule has 1 aromatic rings. The highest BCUT2D eigenvalue weighted by Crippen LogP contribution is 2.29. The minimum atomic E-state index is -4.85. The molecule has 4 nitrogen and oxygen atoms in total. The molecule has 0 spiro atoms. The molecule has 0 unspecified atom stereocenters. The molecular formula is C18H24F3O4-. The van der Waals surface area contributed by atoms with E-state index in [1.165, 1.54) is 25.7 Å². The number of carboxylic acid groups (broad SMARTS) is 1. The predicted octanol–water partition coefficient (Wildman–Crippen LogP) is 4.47. The van der Waals surface area contributed by atoms with E-state index < -0.39 is 18.1 Å². The number of halogens is 3. The van der Waals surface area contributed by atoms with Crippen LogP contribution in [0.15, 0.2) is 18.2 Å². The molecule has 0 atom stereocenters. The van der Waals surface area contributed by atoms with Crippen molar-refractivity contribution in [2.24, 2.45) is 0 Å². The van der Waals surface area contributed by atoms with Gasteiger partial charge in [0.1, 0.15) is 11.5 Å². The van der Waals surface area contributed by atoms with Crippen LogP contribution in [0.1, 0.15) is 68.6 Å². The number of ether oxygens (including phenoxy) is 2. The van der Waals surface area contributed by atoms with Crippen molar-refractivity contribution in [3.05, 3.63) is 23.8 Å². The molecule has 0 aliphatic rings. The van der Waals surface area contributed by atoms with E-state index in [9.17, 15) is 23.1 Å². The Morgan fingerprint density at radius 3 is 2.20 bits per heavy atom. The van der Waals surface area contributed by atoms with Gasteiger partial charge in [0.05, 0.1) is 12.6 Å². The lowest BCUT2D eigenvalue weighted by molar-refractivity contribution is -0.274. The van der Waals surface area contributed by atoms with E-state index in [2.05, 4.69) is 11.7 Å². The fraction of sp³-hybridized carbons (Fsp3) is 0.611. The van der Waals surface area contributed by atoms with Gasteiger partial charge >= 0.3 is 6.36 Å². The summed E-state index contributed by atoms with van der Waals surface area (Å²) in [5.41, 5.74) is -0.297. The SMILES string of the molecule is CCCCCCCCCCOc1cc(OC(F)(F)F)ccc1C(=O)[O-]. The van der Waals surface area contributed by atoms with Crippen molar-refractivity contribution in [1.82, 2.24) is 0 Å². The van der Waals surface area contributed by atoms with Crippen LogP contribution < -0.4 is 14.6 Å². The second-order valence-electron chi connectivity index (χ2n) is 5.82. The number of carboxylic acids is 1. The second kappa shape index (κ2) is 10.8. The van der Waals surface area contributed by atoms with Crippen LogP contribution in [-0.4, -0.2) is 18.9 Å². The number of rotatable bonds is 12. The van der Waals surface area contributed by atoms with Crippen LogP contribution in [0, 0.1) is 0 Å². The summed E-state index contributed by atoms with van der Waals surface area (Å²) >= 11 is 0. The van der Waals surface area contributed by atoms with Crippen LogP contribution in [0.25, 0.3) is 0 Å². The van der Waals surface area contributed by atoms with E-state index in [-0.39, 0.29) is 17.9 Å². The van der Waals surface area contributed by atoms with Crippen LogP contribution in [0.3, 0.4) is 0 Å². The number of benzene rings is 1. The van der Waals surface area contributed by atoms with Gasteiger partial charge in [0, 0.05) is 11.6 Å². The van der Waals surface area contributed by atoms with Gasteiger partial charge in [-0.3, -0.25) is 0 Å². The molecule has 0 saturated carbocycles. The summed E-state index contributed by atoms with van der Waals surface area (Å²) in [5.74, 6) is -2.21. The molecule has 0 amide bonds. The van der Waals surface area contributed by atoms with Crippen molar-refractivity contribution in [3.63, 3.8) is 0 Å². The highest BCUT2D eigenvalue weighted by Gasteiger charge is 2.31. The summed E-state index contributed by atoms with van der Waals surface area (Å²) < 4.78 is 45.8. The highest BCUT2D eigenvalue weighted by molar-refractivity contribution is 5.89. The van der Waals surface area contributed by atoms with Crippen molar-refractivity contribution >= 4 is 5.97 Å². The molecular weight excluding hydrogens is 337 g/mol. The Morgan fingerprint density at radius 1 is 1.04 bits per heavy atom. The molecule has 0 bridgehead atoms. The first-order valence-electron chi connectivity index (χ1n) is 8.57. The minimum Gasteiger partial charge on any atom is -0.545 e. The van der Waals surface area contributed by atoms with E-state index in [1.54, 1.807) is 0 Å². The van der Waals surface area contributed by atoms with Crippen LogP contribution >= 0.6 is 0 Å². The lowest BCUT2D eigenvalue weighted by Crippen LogP contribution is -2.23. The van der Waals surface area contributed by atoms with Gasteiger partial charge in [-0.15, -0.1) is 13.2 Å². The molecule has 0 aliphatic heterocycles. The lowest BCUT2D eigenvalue weighted by atomic mass is 10.1. The smallest absolute Gasteiger partial charge is 0.545 e. The van der Waals surface area contributed by atoms with Gasteiger partial charge in [0.2, 0.25) is 0 Å². The van der Waals surface area contributed by atoms with Crippen molar-refractivity contribution < 1.29 is 32.5 Å². The van der Waals surface area contributed by atoms with E-state index in [1.807, 2.05) is 0 Å². The summed E-state index contributed by atoms with van der Waals surface area (Å²) in [6.45, 7) is 2.39. The third-order valence-corrected chi connectivity index (χ3v) is 3.66. The van der Waals surface area contributed by atoms with Crippen LogP contribution in [0.4, 0.5) is 13.2 Å². The Morgan fingerprint density at radius 2 is 1.64 bits per heavy atom. The molecule has 0 aromatic heterocycles. The van der Waals surface area contributed by atoms with Crippen molar-refractivity contribution in [1.29, 1.82) is 0 Å². The second-order valence-corrected chi connectivity index (χ2v) is 5.82. The van der Waals surface area contributed by atoms with Crippen LogP contribution in [0.2, 0.25) is 0 Å². The Bertz CT molecular complexity index is 530. The minimum absolute atomic E-state index is 0.176. The van der Waals surface area contributed by atoms with E-state index >= 15 is 0 Å². The maximum Gasteiger partial charge on any atom is 0.573 e.